The molecule has 0 spiro atoms. The number of nitrogens with zero attached hydrogens (tertiary/aromatic N) is 1. The number of halogens is 1. The summed E-state index contributed by atoms with van der Waals surface area (Å²) in [5, 5.41) is 3.39. The van der Waals surface area contributed by atoms with Gasteiger partial charge in [-0.15, -0.1) is 0 Å². The van der Waals surface area contributed by atoms with Crippen LogP contribution in [0.25, 0.3) is 0 Å². The Balaban J connectivity index is 2.12. The van der Waals surface area contributed by atoms with Crippen LogP contribution in [0.15, 0.2) is 53.4 Å². The fourth-order valence-corrected chi connectivity index (χ4v) is 3.66. The predicted molar refractivity (Wildman–Crippen MR) is 105 cm³/mol. The first-order chi connectivity index (χ1) is 12.2. The lowest BCUT2D eigenvalue weighted by Gasteiger charge is -2.20. The molecule has 0 saturated heterocycles. The van der Waals surface area contributed by atoms with Gasteiger partial charge in [-0.2, -0.15) is 0 Å². The molecule has 0 fully saturated rings. The fourth-order valence-electron chi connectivity index (χ4n) is 2.34. The second-order valence-electron chi connectivity index (χ2n) is 6.15. The maximum Gasteiger partial charge on any atom is 0.264 e. The third kappa shape index (κ3) is 4.99. The molecule has 1 N–H and O–H groups in total. The standard InChI is InChI=1S/C19H23ClN2O3S/c1-4-14(2)21-19(23)13-15-5-9-17(10-6-15)22(3)26(24,25)18-11-7-16(20)8-12-18/h5-12,14H,4,13H2,1-3H3,(H,21,23)/t14-/m0/s1. The number of hydrogen-bond donors (Lipinski definition) is 1. The highest BCUT2D eigenvalue weighted by Gasteiger charge is 2.21. The minimum absolute atomic E-state index is 0.0470. The van der Waals surface area contributed by atoms with Gasteiger partial charge in [0.2, 0.25) is 5.91 Å². The molecule has 0 aliphatic heterocycles. The van der Waals surface area contributed by atoms with Gasteiger partial charge in [0.25, 0.3) is 10.0 Å². The lowest BCUT2D eigenvalue weighted by Crippen LogP contribution is -2.33. The maximum absolute atomic E-state index is 12.7. The Morgan fingerprint density at radius 3 is 2.23 bits per heavy atom. The van der Waals surface area contributed by atoms with Crippen LogP contribution in [0.3, 0.4) is 0 Å². The van der Waals surface area contributed by atoms with Crippen molar-refractivity contribution in [3.63, 3.8) is 0 Å². The van der Waals surface area contributed by atoms with Crippen LogP contribution in [0.4, 0.5) is 5.69 Å². The van der Waals surface area contributed by atoms with Crippen LogP contribution in [0.5, 0.6) is 0 Å². The lowest BCUT2D eigenvalue weighted by atomic mass is 10.1. The summed E-state index contributed by atoms with van der Waals surface area (Å²) in [6, 6.07) is 13.1. The summed E-state index contributed by atoms with van der Waals surface area (Å²) >= 11 is 5.82. The Bertz CT molecular complexity index is 849. The van der Waals surface area contributed by atoms with Gasteiger partial charge < -0.3 is 5.32 Å². The van der Waals surface area contributed by atoms with Gasteiger partial charge in [-0.3, -0.25) is 9.10 Å². The molecular weight excluding hydrogens is 372 g/mol. The summed E-state index contributed by atoms with van der Waals surface area (Å²) in [6.45, 7) is 3.97. The van der Waals surface area contributed by atoms with E-state index in [0.29, 0.717) is 10.7 Å². The molecule has 0 aliphatic carbocycles. The average molecular weight is 395 g/mol. The number of amides is 1. The minimum atomic E-state index is -3.67. The number of carbonyl (C=O) groups excluding carboxylic acids is 1. The van der Waals surface area contributed by atoms with Crippen molar-refractivity contribution >= 4 is 33.2 Å². The summed E-state index contributed by atoms with van der Waals surface area (Å²) in [6.07, 6.45) is 1.14. The normalized spacial score (nSPS) is 12.5. The van der Waals surface area contributed by atoms with Crippen molar-refractivity contribution in [3.8, 4) is 0 Å². The molecule has 26 heavy (non-hydrogen) atoms. The molecule has 0 bridgehead atoms. The second-order valence-corrected chi connectivity index (χ2v) is 8.55. The number of benzene rings is 2. The van der Waals surface area contributed by atoms with E-state index in [1.54, 1.807) is 36.4 Å². The maximum atomic E-state index is 12.7. The SMILES string of the molecule is CC[C@H](C)NC(=O)Cc1ccc(N(C)S(=O)(=O)c2ccc(Cl)cc2)cc1. The first-order valence-corrected chi connectivity index (χ1v) is 10.2. The summed E-state index contributed by atoms with van der Waals surface area (Å²) in [5.74, 6) is -0.0470. The molecule has 0 saturated carbocycles. The molecule has 0 unspecified atom stereocenters. The third-order valence-electron chi connectivity index (χ3n) is 4.16. The molecule has 2 rings (SSSR count). The summed E-state index contributed by atoms with van der Waals surface area (Å²) in [4.78, 5) is 12.1. The van der Waals surface area contributed by atoms with Gasteiger partial charge in [0.15, 0.2) is 0 Å². The van der Waals surface area contributed by atoms with Crippen LogP contribution >= 0.6 is 11.6 Å². The number of sulfonamides is 1. The Kier molecular flexibility index (Phi) is 6.67. The zero-order chi connectivity index (χ0) is 19.3. The number of carbonyl (C=O) groups is 1. The third-order valence-corrected chi connectivity index (χ3v) is 6.21. The van der Waals surface area contributed by atoms with Crippen molar-refractivity contribution < 1.29 is 13.2 Å². The Morgan fingerprint density at radius 1 is 1.12 bits per heavy atom. The molecule has 5 nitrogen and oxygen atoms in total. The first kappa shape index (κ1) is 20.3. The summed E-state index contributed by atoms with van der Waals surface area (Å²) in [7, 11) is -2.17. The number of nitrogens with one attached hydrogen (secondary N) is 1. The van der Waals surface area contributed by atoms with Gasteiger partial charge in [0.1, 0.15) is 0 Å². The molecule has 7 heteroatoms. The van der Waals surface area contributed by atoms with Crippen LogP contribution in [0.2, 0.25) is 5.02 Å². The van der Waals surface area contributed by atoms with Gasteiger partial charge >= 0.3 is 0 Å². The first-order valence-electron chi connectivity index (χ1n) is 8.37. The average Bonchev–Trinajstić information content (AvgIpc) is 2.61. The quantitative estimate of drug-likeness (QED) is 0.779. The summed E-state index contributed by atoms with van der Waals surface area (Å²) < 4.78 is 26.6. The largest absolute Gasteiger partial charge is 0.353 e. The molecule has 0 aliphatic rings. The van der Waals surface area contributed by atoms with Crippen molar-refractivity contribution in [2.24, 2.45) is 0 Å². The second kappa shape index (κ2) is 8.56. The zero-order valence-corrected chi connectivity index (χ0v) is 16.6. The van der Waals surface area contributed by atoms with Crippen LogP contribution in [0.1, 0.15) is 25.8 Å². The van der Waals surface area contributed by atoms with Crippen LogP contribution in [-0.2, 0) is 21.2 Å². The molecule has 0 aromatic heterocycles. The van der Waals surface area contributed by atoms with Gasteiger partial charge in [-0.1, -0.05) is 30.7 Å². The van der Waals surface area contributed by atoms with Gasteiger partial charge in [0.05, 0.1) is 17.0 Å². The molecule has 0 heterocycles. The Labute approximate surface area is 160 Å². The monoisotopic (exact) mass is 394 g/mol. The van der Waals surface area contributed by atoms with Crippen molar-refractivity contribution in [2.75, 3.05) is 11.4 Å². The number of rotatable bonds is 7. The number of hydrogen-bond acceptors (Lipinski definition) is 3. The molecule has 140 valence electrons. The van der Waals surface area contributed by atoms with Crippen molar-refractivity contribution in [1.29, 1.82) is 0 Å². The van der Waals surface area contributed by atoms with E-state index in [-0.39, 0.29) is 23.3 Å². The van der Waals surface area contributed by atoms with E-state index < -0.39 is 10.0 Å². The van der Waals surface area contributed by atoms with E-state index in [9.17, 15) is 13.2 Å². The molecular formula is C19H23ClN2O3S. The van der Waals surface area contributed by atoms with E-state index in [1.165, 1.54) is 23.5 Å². The van der Waals surface area contributed by atoms with E-state index >= 15 is 0 Å². The summed E-state index contributed by atoms with van der Waals surface area (Å²) in [5.41, 5.74) is 1.35. The van der Waals surface area contributed by atoms with E-state index in [4.69, 9.17) is 11.6 Å². The van der Waals surface area contributed by atoms with Crippen LogP contribution in [0, 0.1) is 0 Å². The topological polar surface area (TPSA) is 66.5 Å². The van der Waals surface area contributed by atoms with Crippen molar-refractivity contribution in [3.05, 3.63) is 59.1 Å². The van der Waals surface area contributed by atoms with Gasteiger partial charge in [0, 0.05) is 18.1 Å². The smallest absolute Gasteiger partial charge is 0.264 e. The zero-order valence-electron chi connectivity index (χ0n) is 15.1. The van der Waals surface area contributed by atoms with Crippen molar-refractivity contribution in [2.45, 2.75) is 37.6 Å². The molecule has 2 aromatic carbocycles. The minimum Gasteiger partial charge on any atom is -0.353 e. The van der Waals surface area contributed by atoms with Gasteiger partial charge in [-0.25, -0.2) is 8.42 Å². The molecule has 1 atom stereocenters. The van der Waals surface area contributed by atoms with E-state index in [2.05, 4.69) is 5.32 Å². The fraction of sp³-hybridized carbons (Fsp3) is 0.316. The Hall–Kier alpha value is -2.05. The highest BCUT2D eigenvalue weighted by Crippen LogP contribution is 2.23. The van der Waals surface area contributed by atoms with Gasteiger partial charge in [-0.05, 0) is 55.3 Å². The van der Waals surface area contributed by atoms with E-state index in [0.717, 1.165) is 12.0 Å². The lowest BCUT2D eigenvalue weighted by molar-refractivity contribution is -0.121. The Morgan fingerprint density at radius 2 is 1.69 bits per heavy atom. The predicted octanol–water partition coefficient (Wildman–Crippen LogP) is 3.62. The highest BCUT2D eigenvalue weighted by molar-refractivity contribution is 7.92. The number of anilines is 1. The van der Waals surface area contributed by atoms with Crippen LogP contribution in [-0.4, -0.2) is 27.4 Å². The van der Waals surface area contributed by atoms with E-state index in [1.807, 2.05) is 13.8 Å². The van der Waals surface area contributed by atoms with Crippen molar-refractivity contribution in [1.82, 2.24) is 5.32 Å². The van der Waals surface area contributed by atoms with Crippen LogP contribution < -0.4 is 9.62 Å². The molecule has 2 aromatic rings. The molecule has 1 amide bonds. The molecule has 0 radical (unpaired) electrons. The highest BCUT2D eigenvalue weighted by atomic mass is 35.5.